The first kappa shape index (κ1) is 12.2. The summed E-state index contributed by atoms with van der Waals surface area (Å²) >= 11 is 3.21. The molecule has 0 N–H and O–H groups in total. The maximum atomic E-state index is 12.5. The molecule has 0 atom stereocenters. The summed E-state index contributed by atoms with van der Waals surface area (Å²) in [7, 11) is 1.53. The lowest BCUT2D eigenvalue weighted by molar-refractivity contribution is -0.0231. The van der Waals surface area contributed by atoms with Crippen LogP contribution in [0.4, 0.5) is 8.78 Å². The van der Waals surface area contributed by atoms with E-state index in [1.54, 1.807) is 18.2 Å². The molecule has 0 fully saturated rings. The molecule has 0 bridgehead atoms. The van der Waals surface area contributed by atoms with Crippen molar-refractivity contribution < 1.29 is 18.3 Å². The van der Waals surface area contributed by atoms with Gasteiger partial charge in [-0.2, -0.15) is 0 Å². The van der Waals surface area contributed by atoms with E-state index >= 15 is 0 Å². The standard InChI is InChI=1S/C10H11BrF2O2/c1-10(12,13)6-15-9-4-3-7(14-2)5-8(9)11/h3-5H,6H2,1-2H3. The summed E-state index contributed by atoms with van der Waals surface area (Å²) in [4.78, 5) is 0. The Bertz CT molecular complexity index is 337. The normalized spacial score (nSPS) is 11.3. The lowest BCUT2D eigenvalue weighted by Gasteiger charge is -2.13. The van der Waals surface area contributed by atoms with Crippen molar-refractivity contribution in [3.8, 4) is 11.5 Å². The Labute approximate surface area is 95.3 Å². The van der Waals surface area contributed by atoms with Crippen LogP contribution in [0.3, 0.4) is 0 Å². The molecule has 5 heteroatoms. The van der Waals surface area contributed by atoms with Gasteiger partial charge in [-0.3, -0.25) is 0 Å². The Hall–Kier alpha value is -0.840. The molecule has 0 saturated heterocycles. The van der Waals surface area contributed by atoms with Gasteiger partial charge in [0.2, 0.25) is 0 Å². The summed E-state index contributed by atoms with van der Waals surface area (Å²) < 4.78 is 35.5. The van der Waals surface area contributed by atoms with Crippen molar-refractivity contribution in [3.63, 3.8) is 0 Å². The Balaban J connectivity index is 2.70. The topological polar surface area (TPSA) is 18.5 Å². The lowest BCUT2D eigenvalue weighted by atomic mass is 10.3. The van der Waals surface area contributed by atoms with Gasteiger partial charge in [-0.05, 0) is 34.1 Å². The molecule has 0 amide bonds. The summed E-state index contributed by atoms with van der Waals surface area (Å²) in [5.74, 6) is -1.82. The van der Waals surface area contributed by atoms with Crippen molar-refractivity contribution in [2.75, 3.05) is 13.7 Å². The van der Waals surface area contributed by atoms with Gasteiger partial charge >= 0.3 is 0 Å². The number of methoxy groups -OCH3 is 1. The molecule has 0 aliphatic heterocycles. The minimum atomic E-state index is -2.83. The summed E-state index contributed by atoms with van der Waals surface area (Å²) in [6.45, 7) is 0.169. The predicted molar refractivity (Wildman–Crippen MR) is 56.8 cm³/mol. The number of benzene rings is 1. The summed E-state index contributed by atoms with van der Waals surface area (Å²) in [6.07, 6.45) is 0. The third kappa shape index (κ3) is 4.03. The van der Waals surface area contributed by atoms with Crippen LogP contribution >= 0.6 is 15.9 Å². The van der Waals surface area contributed by atoms with Crippen molar-refractivity contribution in [1.82, 2.24) is 0 Å². The molecule has 1 aromatic rings. The highest BCUT2D eigenvalue weighted by atomic mass is 79.9. The van der Waals surface area contributed by atoms with Crippen LogP contribution < -0.4 is 9.47 Å². The van der Waals surface area contributed by atoms with Crippen molar-refractivity contribution in [3.05, 3.63) is 22.7 Å². The number of alkyl halides is 2. The minimum absolute atomic E-state index is 0.373. The van der Waals surface area contributed by atoms with Crippen LogP contribution in [0.1, 0.15) is 6.92 Å². The largest absolute Gasteiger partial charge is 0.497 e. The first-order valence-electron chi connectivity index (χ1n) is 4.26. The number of rotatable bonds is 4. The Kier molecular flexibility index (Phi) is 3.90. The van der Waals surface area contributed by atoms with Crippen LogP contribution in [0.5, 0.6) is 11.5 Å². The fraction of sp³-hybridized carbons (Fsp3) is 0.400. The molecule has 0 saturated carbocycles. The van der Waals surface area contributed by atoms with Gasteiger partial charge in [-0.1, -0.05) is 0 Å². The summed E-state index contributed by atoms with van der Waals surface area (Å²) in [5, 5.41) is 0. The molecule has 1 aromatic carbocycles. The van der Waals surface area contributed by atoms with Gasteiger partial charge in [0.1, 0.15) is 11.5 Å². The Morgan fingerprint density at radius 2 is 2.07 bits per heavy atom. The highest BCUT2D eigenvalue weighted by Crippen LogP contribution is 2.30. The van der Waals surface area contributed by atoms with Crippen LogP contribution in [0.2, 0.25) is 0 Å². The van der Waals surface area contributed by atoms with Gasteiger partial charge in [0.25, 0.3) is 5.92 Å². The smallest absolute Gasteiger partial charge is 0.278 e. The molecule has 0 aromatic heterocycles. The van der Waals surface area contributed by atoms with Gasteiger partial charge in [0.15, 0.2) is 6.61 Å². The lowest BCUT2D eigenvalue weighted by Crippen LogP contribution is -2.21. The van der Waals surface area contributed by atoms with E-state index in [-0.39, 0.29) is 0 Å². The summed E-state index contributed by atoms with van der Waals surface area (Å²) in [5.41, 5.74) is 0. The third-order valence-corrected chi connectivity index (χ3v) is 2.24. The van der Waals surface area contributed by atoms with Gasteiger partial charge in [0.05, 0.1) is 11.6 Å². The van der Waals surface area contributed by atoms with Gasteiger partial charge < -0.3 is 9.47 Å². The van der Waals surface area contributed by atoms with Crippen molar-refractivity contribution in [1.29, 1.82) is 0 Å². The first-order chi connectivity index (χ1) is 6.92. The molecule has 0 radical (unpaired) electrons. The van der Waals surface area contributed by atoms with Crippen LogP contribution in [0.15, 0.2) is 22.7 Å². The molecule has 15 heavy (non-hydrogen) atoms. The van der Waals surface area contributed by atoms with Gasteiger partial charge in [-0.15, -0.1) is 0 Å². The van der Waals surface area contributed by atoms with Gasteiger partial charge in [0, 0.05) is 6.92 Å². The maximum Gasteiger partial charge on any atom is 0.278 e. The molecule has 0 aliphatic rings. The van der Waals surface area contributed by atoms with Crippen molar-refractivity contribution in [2.45, 2.75) is 12.8 Å². The predicted octanol–water partition coefficient (Wildman–Crippen LogP) is 3.49. The van der Waals surface area contributed by atoms with Crippen molar-refractivity contribution >= 4 is 15.9 Å². The van der Waals surface area contributed by atoms with E-state index in [2.05, 4.69) is 15.9 Å². The average Bonchev–Trinajstić information content (AvgIpc) is 2.14. The Morgan fingerprint density at radius 1 is 1.40 bits per heavy atom. The second kappa shape index (κ2) is 4.79. The number of hydrogen-bond donors (Lipinski definition) is 0. The molecule has 0 unspecified atom stereocenters. The molecule has 84 valence electrons. The number of ether oxygens (including phenoxy) is 2. The second-order valence-electron chi connectivity index (χ2n) is 3.16. The Morgan fingerprint density at radius 3 is 2.53 bits per heavy atom. The molecule has 0 aliphatic carbocycles. The zero-order valence-electron chi connectivity index (χ0n) is 8.39. The molecule has 1 rings (SSSR count). The monoisotopic (exact) mass is 280 g/mol. The molecule has 2 nitrogen and oxygen atoms in total. The van der Waals surface area contributed by atoms with E-state index in [0.29, 0.717) is 16.0 Å². The average molecular weight is 281 g/mol. The van der Waals surface area contributed by atoms with E-state index in [4.69, 9.17) is 9.47 Å². The van der Waals surface area contributed by atoms with E-state index in [0.717, 1.165) is 6.92 Å². The summed E-state index contributed by atoms with van der Waals surface area (Å²) in [6, 6.07) is 4.88. The van der Waals surface area contributed by atoms with Gasteiger partial charge in [-0.25, -0.2) is 8.78 Å². The quantitative estimate of drug-likeness (QED) is 0.841. The highest BCUT2D eigenvalue weighted by molar-refractivity contribution is 9.10. The SMILES string of the molecule is COc1ccc(OCC(C)(F)F)c(Br)c1. The first-order valence-corrected chi connectivity index (χ1v) is 5.06. The van der Waals surface area contributed by atoms with E-state index in [1.165, 1.54) is 7.11 Å². The molecular formula is C10H11BrF2O2. The molecule has 0 spiro atoms. The van der Waals surface area contributed by atoms with Crippen LogP contribution in [-0.2, 0) is 0 Å². The third-order valence-electron chi connectivity index (χ3n) is 1.62. The van der Waals surface area contributed by atoms with Crippen LogP contribution in [0, 0.1) is 0 Å². The maximum absolute atomic E-state index is 12.5. The molecule has 0 heterocycles. The zero-order valence-corrected chi connectivity index (χ0v) is 9.98. The molecular weight excluding hydrogens is 270 g/mol. The highest BCUT2D eigenvalue weighted by Gasteiger charge is 2.22. The van der Waals surface area contributed by atoms with Crippen LogP contribution in [0.25, 0.3) is 0 Å². The fourth-order valence-electron chi connectivity index (χ4n) is 0.930. The zero-order chi connectivity index (χ0) is 11.5. The fourth-order valence-corrected chi connectivity index (χ4v) is 1.40. The van der Waals surface area contributed by atoms with E-state index < -0.39 is 12.5 Å². The van der Waals surface area contributed by atoms with Crippen LogP contribution in [-0.4, -0.2) is 19.6 Å². The second-order valence-corrected chi connectivity index (χ2v) is 4.01. The van der Waals surface area contributed by atoms with E-state index in [9.17, 15) is 8.78 Å². The minimum Gasteiger partial charge on any atom is -0.497 e. The number of hydrogen-bond acceptors (Lipinski definition) is 2. The van der Waals surface area contributed by atoms with E-state index in [1.807, 2.05) is 0 Å². The van der Waals surface area contributed by atoms with Crippen molar-refractivity contribution in [2.24, 2.45) is 0 Å². The number of halogens is 3.